The second-order valence-electron chi connectivity index (χ2n) is 28.7. The summed E-state index contributed by atoms with van der Waals surface area (Å²) < 4.78 is 68.6. The fourth-order valence-corrected chi connectivity index (χ4v) is 13.2. The summed E-state index contributed by atoms with van der Waals surface area (Å²) in [5, 5.41) is 10.6. The van der Waals surface area contributed by atoms with Crippen molar-refractivity contribution in [2.45, 2.75) is 407 Å². The van der Waals surface area contributed by atoms with Crippen molar-refractivity contribution in [1.82, 2.24) is 0 Å². The third-order valence-corrected chi connectivity index (χ3v) is 19.7. The molecular weight excluding hydrogens is 1280 g/mol. The van der Waals surface area contributed by atoms with Crippen LogP contribution in [-0.4, -0.2) is 96.7 Å². The number of aliphatic hydroxyl groups excluding tert-OH is 1. The number of rotatable bonds is 76. The van der Waals surface area contributed by atoms with E-state index in [0.29, 0.717) is 31.6 Å². The van der Waals surface area contributed by atoms with Gasteiger partial charge in [0.25, 0.3) is 0 Å². The van der Waals surface area contributed by atoms with Gasteiger partial charge in [-0.05, 0) is 63.2 Å². The van der Waals surface area contributed by atoms with E-state index in [1.54, 1.807) is 0 Å². The van der Waals surface area contributed by atoms with Crippen molar-refractivity contribution in [3.8, 4) is 0 Å². The average molecular weight is 1430 g/mol. The lowest BCUT2D eigenvalue weighted by Gasteiger charge is -2.21. The molecule has 0 fully saturated rings. The first-order valence-corrected chi connectivity index (χ1v) is 43.3. The molecule has 0 aromatic heterocycles. The summed E-state index contributed by atoms with van der Waals surface area (Å²) in [5.41, 5.74) is 0. The molecule has 0 saturated carbocycles. The number of allylic oxidation sites excluding steroid dienone is 4. The molecule has 0 spiro atoms. The van der Waals surface area contributed by atoms with Gasteiger partial charge < -0.3 is 33.8 Å². The second-order valence-corrected chi connectivity index (χ2v) is 31.6. The lowest BCUT2D eigenvalue weighted by molar-refractivity contribution is -0.161. The monoisotopic (exact) mass is 1430 g/mol. The van der Waals surface area contributed by atoms with Gasteiger partial charge in [-0.1, -0.05) is 336 Å². The number of unbranched alkanes of at least 4 members (excludes halogenated alkanes) is 43. The largest absolute Gasteiger partial charge is 0.472 e. The molecule has 5 atom stereocenters. The van der Waals surface area contributed by atoms with Crippen LogP contribution in [-0.2, 0) is 65.4 Å². The van der Waals surface area contributed by atoms with E-state index in [4.69, 9.17) is 37.0 Å². The number of esters is 4. The molecule has 0 radical (unpaired) electrons. The topological polar surface area (TPSA) is 237 Å². The summed E-state index contributed by atoms with van der Waals surface area (Å²) in [7, 11) is -9.93. The summed E-state index contributed by atoms with van der Waals surface area (Å²) >= 11 is 0. The van der Waals surface area contributed by atoms with Crippen LogP contribution < -0.4 is 0 Å². The number of carbonyl (C=O) groups excluding carboxylic acids is 4. The number of aliphatic hydroxyl groups is 1. The van der Waals surface area contributed by atoms with Crippen LogP contribution in [0.25, 0.3) is 0 Å². The Labute approximate surface area is 599 Å². The molecule has 17 nitrogen and oxygen atoms in total. The van der Waals surface area contributed by atoms with Crippen molar-refractivity contribution in [3.63, 3.8) is 0 Å². The van der Waals surface area contributed by atoms with Gasteiger partial charge >= 0.3 is 39.5 Å². The first kappa shape index (κ1) is 95.5. The zero-order valence-corrected chi connectivity index (χ0v) is 65.4. The van der Waals surface area contributed by atoms with Crippen LogP contribution >= 0.6 is 15.6 Å². The maximum absolute atomic E-state index is 13.1. The maximum Gasteiger partial charge on any atom is 0.472 e. The van der Waals surface area contributed by atoms with E-state index in [1.165, 1.54) is 186 Å². The van der Waals surface area contributed by atoms with Crippen molar-refractivity contribution in [2.75, 3.05) is 39.6 Å². The molecule has 19 heteroatoms. The Morgan fingerprint density at radius 3 is 0.837 bits per heavy atom. The highest BCUT2D eigenvalue weighted by Gasteiger charge is 2.30. The molecule has 3 N–H and O–H groups in total. The summed E-state index contributed by atoms with van der Waals surface area (Å²) in [5.74, 6) is -0.666. The van der Waals surface area contributed by atoms with Crippen molar-refractivity contribution < 1.29 is 80.2 Å². The van der Waals surface area contributed by atoms with Gasteiger partial charge in [-0.25, -0.2) is 9.13 Å². The minimum Gasteiger partial charge on any atom is -0.462 e. The van der Waals surface area contributed by atoms with Crippen LogP contribution in [0, 0.1) is 11.8 Å². The van der Waals surface area contributed by atoms with Crippen LogP contribution in [0.5, 0.6) is 0 Å². The summed E-state index contributed by atoms with van der Waals surface area (Å²) in [4.78, 5) is 72.9. The van der Waals surface area contributed by atoms with Gasteiger partial charge in [0.15, 0.2) is 12.2 Å². The maximum atomic E-state index is 13.1. The van der Waals surface area contributed by atoms with Crippen LogP contribution in [0.3, 0.4) is 0 Å². The number of carbonyl (C=O) groups is 4. The number of ether oxygens (including phenoxy) is 4. The third kappa shape index (κ3) is 71.9. The van der Waals surface area contributed by atoms with Gasteiger partial charge in [-0.3, -0.25) is 37.3 Å². The second kappa shape index (κ2) is 70.2. The molecule has 0 bridgehead atoms. The van der Waals surface area contributed by atoms with Crippen LogP contribution in [0.1, 0.15) is 388 Å². The Hall–Kier alpha value is -2.46. The molecule has 0 aliphatic heterocycles. The summed E-state index contributed by atoms with van der Waals surface area (Å²) in [6, 6.07) is 0. The van der Waals surface area contributed by atoms with Gasteiger partial charge in [0.1, 0.15) is 19.3 Å². The highest BCUT2D eigenvalue weighted by Crippen LogP contribution is 2.45. The van der Waals surface area contributed by atoms with Crippen molar-refractivity contribution in [1.29, 1.82) is 0 Å². The van der Waals surface area contributed by atoms with E-state index in [-0.39, 0.29) is 25.7 Å². The molecule has 0 aromatic rings. The Kier molecular flexibility index (Phi) is 68.5. The number of hydrogen-bond donors (Lipinski definition) is 3. The Balaban J connectivity index is 5.26. The normalized spacial score (nSPS) is 14.1. The molecule has 98 heavy (non-hydrogen) atoms. The molecular formula is C79H150O17P2. The fourth-order valence-electron chi connectivity index (χ4n) is 11.6. The average Bonchev–Trinajstić information content (AvgIpc) is 0.941. The molecule has 578 valence electrons. The molecule has 0 amide bonds. The zero-order chi connectivity index (χ0) is 72.1. The van der Waals surface area contributed by atoms with E-state index in [9.17, 15) is 43.2 Å². The van der Waals surface area contributed by atoms with E-state index in [1.807, 2.05) is 0 Å². The molecule has 0 aliphatic rings. The zero-order valence-electron chi connectivity index (χ0n) is 63.6. The van der Waals surface area contributed by atoms with Crippen LogP contribution in [0.15, 0.2) is 24.3 Å². The number of hydrogen-bond acceptors (Lipinski definition) is 15. The Morgan fingerprint density at radius 2 is 0.551 bits per heavy atom. The van der Waals surface area contributed by atoms with E-state index >= 15 is 0 Å². The predicted molar refractivity (Wildman–Crippen MR) is 400 cm³/mol. The van der Waals surface area contributed by atoms with Gasteiger partial charge in [0.2, 0.25) is 0 Å². The SMILES string of the molecule is CCCCCC/C=C\C=C/CCCCCCCC(=O)O[C@H](COC(=O)CCCCCCCCC(C)C)COP(=O)(O)OC[C@H](O)COP(=O)(O)OC[C@@H](COC(=O)CCCCCCCCCCCCCCCCCC)OC(=O)CCCCCCCCCCCCCCCCCC(C)C. The molecule has 0 heterocycles. The molecule has 0 aromatic carbocycles. The van der Waals surface area contributed by atoms with E-state index < -0.39 is 97.5 Å². The van der Waals surface area contributed by atoms with Crippen LogP contribution in [0.4, 0.5) is 0 Å². The predicted octanol–water partition coefficient (Wildman–Crippen LogP) is 23.1. The van der Waals surface area contributed by atoms with Crippen LogP contribution in [0.2, 0.25) is 0 Å². The Morgan fingerprint density at radius 1 is 0.316 bits per heavy atom. The fraction of sp³-hybridized carbons (Fsp3) is 0.899. The first-order valence-electron chi connectivity index (χ1n) is 40.3. The highest BCUT2D eigenvalue weighted by molar-refractivity contribution is 7.47. The standard InChI is InChI=1S/C79H150O17P2/c1-7-9-11-13-15-17-19-21-23-27-30-34-38-42-49-55-61-76(81)89-67-74(95-78(83)63-58-52-44-40-36-32-28-24-26-29-33-37-41-47-53-59-71(3)4)69-93-97(85,86)91-65-73(80)66-92-98(87,88)94-70-75(68-90-77(82)62-56-50-46-45-48-54-60-72(5)6)96-79(84)64-57-51-43-39-35-31-25-22-20-18-16-14-12-10-8-2/h18,20,22,25,71-75,80H,7-17,19,21,23-24,26-70H2,1-6H3,(H,85,86)(H,87,88)/b20-18-,25-22-/t73-,74-,75-/m1/s1. The van der Waals surface area contributed by atoms with Gasteiger partial charge in [0, 0.05) is 25.7 Å². The highest BCUT2D eigenvalue weighted by atomic mass is 31.2. The summed E-state index contributed by atoms with van der Waals surface area (Å²) in [6.45, 7) is 9.49. The van der Waals surface area contributed by atoms with Crippen molar-refractivity contribution in [3.05, 3.63) is 24.3 Å². The lowest BCUT2D eigenvalue weighted by atomic mass is 10.0. The lowest BCUT2D eigenvalue weighted by Crippen LogP contribution is -2.30. The van der Waals surface area contributed by atoms with Gasteiger partial charge in [-0.15, -0.1) is 0 Å². The summed E-state index contributed by atoms with van der Waals surface area (Å²) in [6.07, 6.45) is 62.0. The molecule has 0 saturated heterocycles. The smallest absolute Gasteiger partial charge is 0.462 e. The quantitative estimate of drug-likeness (QED) is 0.0169. The molecule has 0 rings (SSSR count). The minimum atomic E-state index is -4.96. The van der Waals surface area contributed by atoms with Gasteiger partial charge in [0.05, 0.1) is 26.4 Å². The van der Waals surface area contributed by atoms with E-state index in [2.05, 4.69) is 65.8 Å². The Bertz CT molecular complexity index is 1980. The van der Waals surface area contributed by atoms with E-state index in [0.717, 1.165) is 115 Å². The van der Waals surface area contributed by atoms with Gasteiger partial charge in [-0.2, -0.15) is 0 Å². The van der Waals surface area contributed by atoms with Crippen molar-refractivity contribution in [2.24, 2.45) is 11.8 Å². The van der Waals surface area contributed by atoms with Crippen molar-refractivity contribution >= 4 is 39.5 Å². The first-order chi connectivity index (χ1) is 47.4. The number of phosphoric ester groups is 2. The third-order valence-electron chi connectivity index (χ3n) is 17.8. The molecule has 0 aliphatic carbocycles. The number of phosphoric acid groups is 2. The molecule has 2 unspecified atom stereocenters. The minimum absolute atomic E-state index is 0.0841.